The molecule has 1 saturated heterocycles. The number of hydrogen-bond acceptors (Lipinski definition) is 4. The number of carbonyl (C=O) groups excluding carboxylic acids is 1. The number of unbranched alkanes of at least 4 members (excludes halogenated alkanes) is 3. The quantitative estimate of drug-likeness (QED) is 0.213. The van der Waals surface area contributed by atoms with Gasteiger partial charge < -0.3 is 9.88 Å². The van der Waals surface area contributed by atoms with E-state index in [0.717, 1.165) is 74.2 Å². The summed E-state index contributed by atoms with van der Waals surface area (Å²) >= 11 is -1.25. The Balaban J connectivity index is 1.44. The summed E-state index contributed by atoms with van der Waals surface area (Å²) < 4.78 is 17.6. The topological polar surface area (TPSA) is 91.9 Å². The number of anilines is 1. The molecule has 0 radical (unpaired) electrons. The summed E-state index contributed by atoms with van der Waals surface area (Å²) in [5, 5.41) is 9.80. The monoisotopic (exact) mass is 497 g/mol. The van der Waals surface area contributed by atoms with Crippen molar-refractivity contribution in [2.75, 3.05) is 44.1 Å². The Kier molecular flexibility index (Phi) is 8.92. The third-order valence-electron chi connectivity index (χ3n) is 6.55. The van der Waals surface area contributed by atoms with Crippen LogP contribution in [0.5, 0.6) is 0 Å². The minimum atomic E-state index is -1.25. The van der Waals surface area contributed by atoms with Crippen molar-refractivity contribution in [3.8, 4) is 11.1 Å². The minimum absolute atomic E-state index is 0.323. The lowest BCUT2D eigenvalue weighted by Crippen LogP contribution is -2.49. The van der Waals surface area contributed by atoms with Gasteiger partial charge in [-0.3, -0.25) is 14.3 Å². The van der Waals surface area contributed by atoms with Crippen LogP contribution in [0.15, 0.2) is 54.7 Å². The molecule has 0 saturated carbocycles. The van der Waals surface area contributed by atoms with Crippen molar-refractivity contribution in [3.05, 3.63) is 54.7 Å². The number of amides is 1. The third-order valence-corrected chi connectivity index (χ3v) is 8.13. The zero-order valence-corrected chi connectivity index (χ0v) is 21.1. The Morgan fingerprint density at radius 3 is 2.46 bits per heavy atom. The van der Waals surface area contributed by atoms with Crippen LogP contribution in [0.1, 0.15) is 32.1 Å². The van der Waals surface area contributed by atoms with Gasteiger partial charge in [-0.25, -0.2) is 14.0 Å². The Morgan fingerprint density at radius 2 is 1.71 bits per heavy atom. The molecule has 8 nitrogen and oxygen atoms in total. The number of carbonyl (C=O) groups is 1. The van der Waals surface area contributed by atoms with Gasteiger partial charge in [-0.1, -0.05) is 31.0 Å². The summed E-state index contributed by atoms with van der Waals surface area (Å²) in [6, 6.07) is 16.8. The largest absolute Gasteiger partial charge is 0.361 e. The predicted molar refractivity (Wildman–Crippen MR) is 141 cm³/mol. The first-order valence-corrected chi connectivity index (χ1v) is 13.3. The van der Waals surface area contributed by atoms with Crippen LogP contribution in [0.2, 0.25) is 0 Å². The molecule has 0 spiro atoms. The predicted octanol–water partition coefficient (Wildman–Crippen LogP) is 3.92. The van der Waals surface area contributed by atoms with Crippen molar-refractivity contribution in [2.45, 2.75) is 32.1 Å². The van der Waals surface area contributed by atoms with E-state index in [1.54, 1.807) is 5.48 Å². The number of benzene rings is 2. The number of hydroxylamine groups is 1. The van der Waals surface area contributed by atoms with E-state index in [1.165, 1.54) is 5.39 Å². The summed E-state index contributed by atoms with van der Waals surface area (Å²) in [5.74, 6) is -0.349. The molecule has 35 heavy (non-hydrogen) atoms. The lowest BCUT2D eigenvalue weighted by atomic mass is 10.0. The Bertz CT molecular complexity index is 1130. The standard InChI is InChI=1S/C26H35N5O3S/c1-29-16-18-30(19-17-29)35(34)31(15-5-3-2-4-6-26(32)28-33)24-10-7-21(8-11-24)22-9-12-25-23(20-22)13-14-27-25/h7-14,20,27,33H,2-6,15-19H2,1H3,(H,28,32). The number of nitrogens with one attached hydrogen (secondary N) is 2. The van der Waals surface area contributed by atoms with Crippen molar-refractivity contribution >= 4 is 33.7 Å². The molecule has 3 N–H and O–H groups in total. The number of H-pyrrole nitrogens is 1. The van der Waals surface area contributed by atoms with Gasteiger partial charge in [0.1, 0.15) is 0 Å². The number of nitrogens with zero attached hydrogens (tertiary/aromatic N) is 3. The molecule has 2 heterocycles. The van der Waals surface area contributed by atoms with E-state index in [9.17, 15) is 9.00 Å². The van der Waals surface area contributed by atoms with Gasteiger partial charge in [0.15, 0.2) is 11.2 Å². The third kappa shape index (κ3) is 6.70. The van der Waals surface area contributed by atoms with Gasteiger partial charge in [-0.15, -0.1) is 0 Å². The van der Waals surface area contributed by atoms with Gasteiger partial charge in [0.2, 0.25) is 5.91 Å². The summed E-state index contributed by atoms with van der Waals surface area (Å²) in [7, 11) is 2.10. The average molecular weight is 498 g/mol. The summed E-state index contributed by atoms with van der Waals surface area (Å²) in [6.07, 6.45) is 5.71. The number of likely N-dealkylation sites (N-methyl/N-ethyl adjacent to an activating group) is 1. The lowest BCUT2D eigenvalue weighted by Gasteiger charge is -2.35. The molecule has 4 rings (SSSR count). The van der Waals surface area contributed by atoms with Crippen molar-refractivity contribution in [1.82, 2.24) is 19.7 Å². The van der Waals surface area contributed by atoms with E-state index >= 15 is 0 Å². The summed E-state index contributed by atoms with van der Waals surface area (Å²) in [4.78, 5) is 16.7. The molecule has 1 amide bonds. The number of piperazine rings is 1. The van der Waals surface area contributed by atoms with Crippen LogP contribution in [-0.2, 0) is 16.0 Å². The summed E-state index contributed by atoms with van der Waals surface area (Å²) in [5.41, 5.74) is 6.03. The van der Waals surface area contributed by atoms with Crippen LogP contribution in [0.25, 0.3) is 22.0 Å². The fourth-order valence-electron chi connectivity index (χ4n) is 4.38. The van der Waals surface area contributed by atoms with Crippen LogP contribution in [0, 0.1) is 0 Å². The molecule has 188 valence electrons. The Labute approximate surface area is 209 Å². The zero-order valence-electron chi connectivity index (χ0n) is 20.3. The van der Waals surface area contributed by atoms with Gasteiger partial charge >= 0.3 is 0 Å². The second-order valence-electron chi connectivity index (χ2n) is 9.09. The molecule has 9 heteroatoms. The molecule has 1 aromatic heterocycles. The van der Waals surface area contributed by atoms with Crippen LogP contribution in [-0.4, -0.2) is 69.3 Å². The van der Waals surface area contributed by atoms with E-state index < -0.39 is 11.2 Å². The first-order chi connectivity index (χ1) is 17.0. The zero-order chi connectivity index (χ0) is 24.6. The first kappa shape index (κ1) is 25.4. The number of hydrogen-bond donors (Lipinski definition) is 3. The molecule has 0 bridgehead atoms. The average Bonchev–Trinajstić information content (AvgIpc) is 3.36. The maximum atomic E-state index is 13.6. The van der Waals surface area contributed by atoms with E-state index in [0.29, 0.717) is 13.0 Å². The fourth-order valence-corrected chi connectivity index (χ4v) is 5.73. The molecular formula is C26H35N5O3S. The molecule has 0 aliphatic carbocycles. The number of fused-ring (bicyclic) bond motifs is 1. The Hall–Kier alpha value is -2.72. The fraction of sp³-hybridized carbons (Fsp3) is 0.423. The van der Waals surface area contributed by atoms with Crippen molar-refractivity contribution in [3.63, 3.8) is 0 Å². The van der Waals surface area contributed by atoms with Gasteiger partial charge in [-0.2, -0.15) is 0 Å². The highest BCUT2D eigenvalue weighted by atomic mass is 32.2. The highest BCUT2D eigenvalue weighted by molar-refractivity contribution is 7.84. The highest BCUT2D eigenvalue weighted by Crippen LogP contribution is 2.27. The summed E-state index contributed by atoms with van der Waals surface area (Å²) in [6.45, 7) is 4.06. The minimum Gasteiger partial charge on any atom is -0.361 e. The van der Waals surface area contributed by atoms with Crippen LogP contribution >= 0.6 is 0 Å². The van der Waals surface area contributed by atoms with Gasteiger partial charge in [-0.05, 0) is 66.7 Å². The van der Waals surface area contributed by atoms with Gasteiger partial charge in [0, 0.05) is 50.9 Å². The van der Waals surface area contributed by atoms with Crippen molar-refractivity contribution in [2.24, 2.45) is 0 Å². The molecule has 1 aliphatic heterocycles. The molecule has 3 aromatic rings. The second kappa shape index (κ2) is 12.3. The van der Waals surface area contributed by atoms with E-state index in [2.05, 4.69) is 69.8 Å². The molecule has 1 aliphatic rings. The SMILES string of the molecule is CN1CCN(S(=O)N(CCCCCCC(=O)NO)c2ccc(-c3ccc4[nH]ccc4c3)cc2)CC1. The lowest BCUT2D eigenvalue weighted by molar-refractivity contribution is -0.129. The maximum absolute atomic E-state index is 13.6. The molecule has 1 fully saturated rings. The van der Waals surface area contributed by atoms with Crippen LogP contribution in [0.3, 0.4) is 0 Å². The van der Waals surface area contributed by atoms with Gasteiger partial charge in [0.25, 0.3) is 0 Å². The van der Waals surface area contributed by atoms with Crippen molar-refractivity contribution in [1.29, 1.82) is 0 Å². The van der Waals surface area contributed by atoms with Crippen LogP contribution < -0.4 is 9.79 Å². The number of aromatic nitrogens is 1. The van der Waals surface area contributed by atoms with E-state index in [-0.39, 0.29) is 5.91 Å². The van der Waals surface area contributed by atoms with E-state index in [1.807, 2.05) is 10.5 Å². The van der Waals surface area contributed by atoms with Gasteiger partial charge in [0.05, 0.1) is 5.69 Å². The highest BCUT2D eigenvalue weighted by Gasteiger charge is 2.24. The normalized spacial score (nSPS) is 15.8. The van der Waals surface area contributed by atoms with Crippen molar-refractivity contribution < 1.29 is 14.2 Å². The molecule has 1 atom stereocenters. The van der Waals surface area contributed by atoms with E-state index in [4.69, 9.17) is 5.21 Å². The molecular weight excluding hydrogens is 462 g/mol. The smallest absolute Gasteiger partial charge is 0.243 e. The van der Waals surface area contributed by atoms with Crippen LogP contribution in [0.4, 0.5) is 5.69 Å². The first-order valence-electron chi connectivity index (χ1n) is 12.3. The second-order valence-corrected chi connectivity index (χ2v) is 10.5. The number of aromatic amines is 1. The Morgan fingerprint density at radius 1 is 1.00 bits per heavy atom. The number of rotatable bonds is 11. The molecule has 2 aromatic carbocycles. The molecule has 1 unspecified atom stereocenters. The maximum Gasteiger partial charge on any atom is 0.243 e.